The average molecular weight is 373 g/mol. The van der Waals surface area contributed by atoms with Crippen molar-refractivity contribution in [3.05, 3.63) is 41.7 Å². The third kappa shape index (κ3) is 4.27. The molecule has 0 aromatic carbocycles. The number of allylic oxidation sites excluding steroid dienone is 1. The molecule has 1 saturated heterocycles. The lowest BCUT2D eigenvalue weighted by atomic mass is 10.2. The summed E-state index contributed by atoms with van der Waals surface area (Å²) in [6.07, 6.45) is 11.9. The van der Waals surface area contributed by atoms with Crippen molar-refractivity contribution in [2.45, 2.75) is 39.0 Å². The van der Waals surface area contributed by atoms with Gasteiger partial charge in [0.2, 0.25) is 0 Å². The summed E-state index contributed by atoms with van der Waals surface area (Å²) in [6, 6.07) is 3.80. The fourth-order valence-electron chi connectivity index (χ4n) is 2.76. The Hall–Kier alpha value is -2.28. The lowest BCUT2D eigenvalue weighted by Gasteiger charge is -2.12. The van der Waals surface area contributed by atoms with Gasteiger partial charge in [0, 0.05) is 25.1 Å². The van der Waals surface area contributed by atoms with Crippen molar-refractivity contribution in [3.8, 4) is 5.75 Å². The van der Waals surface area contributed by atoms with Crippen LogP contribution in [0.4, 0.5) is 4.79 Å². The van der Waals surface area contributed by atoms with Crippen molar-refractivity contribution in [2.24, 2.45) is 0 Å². The number of unbranched alkanes of at least 4 members (excludes halogenated alkanes) is 3. The quantitative estimate of drug-likeness (QED) is 0.485. The second-order valence-electron chi connectivity index (χ2n) is 6.12. The zero-order chi connectivity index (χ0) is 18.4. The van der Waals surface area contributed by atoms with Crippen LogP contribution in [0.25, 0.3) is 5.65 Å². The Labute approximate surface area is 157 Å². The maximum Gasteiger partial charge on any atom is 0.293 e. The highest BCUT2D eigenvalue weighted by molar-refractivity contribution is 8.18. The van der Waals surface area contributed by atoms with Crippen LogP contribution in [0.3, 0.4) is 0 Å². The van der Waals surface area contributed by atoms with Crippen molar-refractivity contribution >= 4 is 28.6 Å². The van der Waals surface area contributed by atoms with E-state index < -0.39 is 0 Å². The highest BCUT2D eigenvalue weighted by Gasteiger charge is 2.34. The molecule has 1 aliphatic rings. The summed E-state index contributed by atoms with van der Waals surface area (Å²) >= 11 is 1.05. The van der Waals surface area contributed by atoms with Gasteiger partial charge in [-0.05, 0) is 43.2 Å². The molecule has 0 aliphatic carbocycles. The van der Waals surface area contributed by atoms with Gasteiger partial charge in [0.15, 0.2) is 11.4 Å². The number of nitrogens with zero attached hydrogens (tertiary/aromatic N) is 3. The fourth-order valence-corrected chi connectivity index (χ4v) is 3.63. The highest BCUT2D eigenvalue weighted by atomic mass is 32.2. The number of amides is 2. The van der Waals surface area contributed by atoms with Crippen molar-refractivity contribution in [3.63, 3.8) is 0 Å². The summed E-state index contributed by atoms with van der Waals surface area (Å²) in [5.74, 6) is 0.585. The highest BCUT2D eigenvalue weighted by Crippen LogP contribution is 2.31. The Kier molecular flexibility index (Phi) is 6.33. The first-order valence-electron chi connectivity index (χ1n) is 8.99. The Balaban J connectivity index is 1.43. The number of thioether (sulfide) groups is 1. The van der Waals surface area contributed by atoms with Crippen LogP contribution in [-0.4, -0.2) is 38.6 Å². The van der Waals surface area contributed by atoms with Crippen LogP contribution in [0.1, 0.15) is 39.0 Å². The molecule has 0 saturated carbocycles. The molecule has 138 valence electrons. The maximum absolute atomic E-state index is 12.3. The monoisotopic (exact) mass is 373 g/mol. The Morgan fingerprint density at radius 2 is 2.12 bits per heavy atom. The minimum Gasteiger partial charge on any atom is -0.490 e. The zero-order valence-electron chi connectivity index (χ0n) is 14.9. The van der Waals surface area contributed by atoms with Gasteiger partial charge in [-0.2, -0.15) is 0 Å². The third-order valence-corrected chi connectivity index (χ3v) is 5.13. The molecular weight excluding hydrogens is 350 g/mol. The summed E-state index contributed by atoms with van der Waals surface area (Å²) < 4.78 is 7.70. The van der Waals surface area contributed by atoms with E-state index >= 15 is 0 Å². The number of carbonyl (C=O) groups is 2. The normalized spacial score (nSPS) is 16.2. The molecule has 0 N–H and O–H groups in total. The van der Waals surface area contributed by atoms with E-state index in [2.05, 4.69) is 11.9 Å². The summed E-state index contributed by atoms with van der Waals surface area (Å²) in [7, 11) is 0. The first-order chi connectivity index (χ1) is 12.7. The molecule has 3 rings (SSSR count). The van der Waals surface area contributed by atoms with Crippen molar-refractivity contribution in [1.82, 2.24) is 14.3 Å². The predicted molar refractivity (Wildman–Crippen MR) is 102 cm³/mol. The molecule has 0 unspecified atom stereocenters. The van der Waals surface area contributed by atoms with Crippen molar-refractivity contribution < 1.29 is 14.3 Å². The van der Waals surface area contributed by atoms with Gasteiger partial charge in [-0.15, -0.1) is 0 Å². The number of rotatable bonds is 9. The van der Waals surface area contributed by atoms with Crippen LogP contribution < -0.4 is 4.74 Å². The molecule has 2 aromatic heterocycles. The average Bonchev–Trinajstić information content (AvgIpc) is 3.22. The Bertz CT molecular complexity index is 815. The minimum absolute atomic E-state index is 0.154. The van der Waals surface area contributed by atoms with E-state index in [1.54, 1.807) is 6.20 Å². The predicted octanol–water partition coefficient (Wildman–Crippen LogP) is 4.26. The largest absolute Gasteiger partial charge is 0.490 e. The molecule has 1 aliphatic heterocycles. The smallest absolute Gasteiger partial charge is 0.293 e. The van der Waals surface area contributed by atoms with E-state index in [-0.39, 0.29) is 11.1 Å². The Morgan fingerprint density at radius 3 is 2.96 bits per heavy atom. The van der Waals surface area contributed by atoms with Crippen LogP contribution in [0.2, 0.25) is 0 Å². The van der Waals surface area contributed by atoms with E-state index in [0.29, 0.717) is 18.1 Å². The molecule has 0 spiro atoms. The molecule has 2 aromatic rings. The molecule has 0 atom stereocenters. The number of pyridine rings is 1. The number of hydrogen-bond donors (Lipinski definition) is 0. The number of imidazole rings is 1. The van der Waals surface area contributed by atoms with Gasteiger partial charge in [0.1, 0.15) is 0 Å². The van der Waals surface area contributed by atoms with Crippen LogP contribution in [-0.2, 0) is 4.79 Å². The summed E-state index contributed by atoms with van der Waals surface area (Å²) in [6.45, 7) is 3.07. The number of carbonyl (C=O) groups excluding carboxylic acids is 2. The molecule has 0 bridgehead atoms. The Morgan fingerprint density at radius 1 is 1.23 bits per heavy atom. The minimum atomic E-state index is -0.166. The van der Waals surface area contributed by atoms with Gasteiger partial charge in [-0.3, -0.25) is 14.5 Å². The van der Waals surface area contributed by atoms with Gasteiger partial charge in [0.25, 0.3) is 11.1 Å². The molecule has 0 radical (unpaired) electrons. The van der Waals surface area contributed by atoms with E-state index in [1.165, 1.54) is 4.90 Å². The first kappa shape index (κ1) is 18.5. The number of ether oxygens (including phenoxy) is 1. The third-order valence-electron chi connectivity index (χ3n) is 4.18. The molecule has 1 fully saturated rings. The van der Waals surface area contributed by atoms with Gasteiger partial charge in [-0.25, -0.2) is 4.98 Å². The molecule has 2 amide bonds. The van der Waals surface area contributed by atoms with E-state index in [9.17, 15) is 9.59 Å². The van der Waals surface area contributed by atoms with Crippen LogP contribution in [0.15, 0.2) is 41.7 Å². The van der Waals surface area contributed by atoms with E-state index in [1.807, 2.05) is 35.0 Å². The molecule has 6 nitrogen and oxygen atoms in total. The van der Waals surface area contributed by atoms with Gasteiger partial charge >= 0.3 is 0 Å². The summed E-state index contributed by atoms with van der Waals surface area (Å²) in [4.78, 5) is 30.5. The van der Waals surface area contributed by atoms with Crippen molar-refractivity contribution in [1.29, 1.82) is 0 Å². The molecule has 26 heavy (non-hydrogen) atoms. The number of aromatic nitrogens is 2. The van der Waals surface area contributed by atoms with Gasteiger partial charge < -0.3 is 9.14 Å². The summed E-state index contributed by atoms with van der Waals surface area (Å²) in [5, 5.41) is -0.166. The first-order valence-corrected chi connectivity index (χ1v) is 9.80. The lowest BCUT2D eigenvalue weighted by molar-refractivity contribution is -0.122. The van der Waals surface area contributed by atoms with E-state index in [4.69, 9.17) is 4.74 Å². The van der Waals surface area contributed by atoms with Crippen LogP contribution in [0, 0.1) is 0 Å². The van der Waals surface area contributed by atoms with Crippen LogP contribution >= 0.6 is 11.8 Å². The maximum atomic E-state index is 12.3. The summed E-state index contributed by atoms with van der Waals surface area (Å²) in [5.41, 5.74) is 0.788. The van der Waals surface area contributed by atoms with Gasteiger partial charge in [0.05, 0.1) is 11.5 Å². The van der Waals surface area contributed by atoms with E-state index in [0.717, 1.165) is 55.3 Å². The molecular formula is C19H23N3O3S. The lowest BCUT2D eigenvalue weighted by Crippen LogP contribution is -2.29. The van der Waals surface area contributed by atoms with Crippen molar-refractivity contribution in [2.75, 3.05) is 13.2 Å². The number of hydrogen-bond acceptors (Lipinski definition) is 5. The second-order valence-corrected chi connectivity index (χ2v) is 7.11. The van der Waals surface area contributed by atoms with Crippen LogP contribution in [0.5, 0.6) is 5.75 Å². The topological polar surface area (TPSA) is 63.9 Å². The standard InChI is InChI=1S/C19H23N3O3S/c1-2-3-4-9-16-18(23)22(19(24)26-16)12-5-6-14-25-15-8-7-11-21-13-10-20-17(15)21/h7-11,13H,2-6,12,14H2,1H3/b16-9+. The number of imide groups is 1. The molecule has 7 heteroatoms. The molecule has 3 heterocycles. The fraction of sp³-hybridized carbons (Fsp3) is 0.421. The second kappa shape index (κ2) is 8.89. The zero-order valence-corrected chi connectivity index (χ0v) is 15.7. The SMILES string of the molecule is CCCC/C=C1/SC(=O)N(CCCCOc2cccn3ccnc23)C1=O. The number of fused-ring (bicyclic) bond motifs is 1. The van der Waals surface area contributed by atoms with Gasteiger partial charge in [-0.1, -0.05) is 25.8 Å².